The van der Waals surface area contributed by atoms with Gasteiger partial charge in [0.2, 0.25) is 11.8 Å². The summed E-state index contributed by atoms with van der Waals surface area (Å²) in [7, 11) is 0. The number of morpholine rings is 1. The van der Waals surface area contributed by atoms with Crippen LogP contribution in [0.25, 0.3) is 0 Å². The van der Waals surface area contributed by atoms with Crippen molar-refractivity contribution in [2.24, 2.45) is 0 Å². The van der Waals surface area contributed by atoms with E-state index >= 15 is 0 Å². The van der Waals surface area contributed by atoms with Gasteiger partial charge in [0.05, 0.1) is 43.2 Å². The number of amides is 2. The van der Waals surface area contributed by atoms with E-state index in [-0.39, 0.29) is 24.7 Å². The summed E-state index contributed by atoms with van der Waals surface area (Å²) < 4.78 is 45.0. The van der Waals surface area contributed by atoms with Gasteiger partial charge in [-0.25, -0.2) is 0 Å². The molecule has 0 bridgehead atoms. The maximum absolute atomic E-state index is 13.2. The summed E-state index contributed by atoms with van der Waals surface area (Å²) in [6.07, 6.45) is -4.52. The number of nitrogens with zero attached hydrogens (tertiary/aromatic N) is 2. The number of hydrogen-bond acceptors (Lipinski definition) is 5. The molecule has 1 aliphatic rings. The lowest BCUT2D eigenvalue weighted by atomic mass is 10.1. The molecule has 0 spiro atoms. The largest absolute Gasteiger partial charge is 0.416 e. The summed E-state index contributed by atoms with van der Waals surface area (Å²) in [5.74, 6) is -0.713. The van der Waals surface area contributed by atoms with Crippen LogP contribution < -0.4 is 15.5 Å². The minimum atomic E-state index is -4.52. The van der Waals surface area contributed by atoms with Gasteiger partial charge < -0.3 is 20.3 Å². The Labute approximate surface area is 180 Å². The van der Waals surface area contributed by atoms with E-state index in [1.807, 2.05) is 25.7 Å². The second-order valence-electron chi connectivity index (χ2n) is 8.48. The van der Waals surface area contributed by atoms with Gasteiger partial charge in [-0.05, 0) is 45.5 Å². The molecule has 0 unspecified atom stereocenters. The van der Waals surface area contributed by atoms with Crippen LogP contribution in [-0.2, 0) is 20.5 Å². The third kappa shape index (κ3) is 8.02. The van der Waals surface area contributed by atoms with Crippen LogP contribution in [0.1, 0.15) is 33.3 Å². The predicted octanol–water partition coefficient (Wildman–Crippen LogP) is 2.72. The smallest absolute Gasteiger partial charge is 0.378 e. The molecule has 1 aromatic rings. The number of alkyl halides is 3. The lowest BCUT2D eigenvalue weighted by Gasteiger charge is -2.31. The SMILES string of the molecule is CCN(CC(=O)Nc1cc(C(F)(F)F)ccc1N1CCOCC1)CC(=O)NC(C)(C)C. The molecule has 1 aromatic carbocycles. The summed E-state index contributed by atoms with van der Waals surface area (Å²) in [5, 5.41) is 5.44. The number of carbonyl (C=O) groups excluding carboxylic acids is 2. The molecule has 0 radical (unpaired) electrons. The number of likely N-dealkylation sites (N-methyl/N-ethyl adjacent to an activating group) is 1. The highest BCUT2D eigenvalue weighted by atomic mass is 19.4. The molecule has 174 valence electrons. The molecule has 2 amide bonds. The fourth-order valence-corrected chi connectivity index (χ4v) is 3.23. The van der Waals surface area contributed by atoms with Crippen molar-refractivity contribution in [3.8, 4) is 0 Å². The van der Waals surface area contributed by atoms with Crippen molar-refractivity contribution in [3.05, 3.63) is 23.8 Å². The zero-order valence-corrected chi connectivity index (χ0v) is 18.4. The molecule has 10 heteroatoms. The van der Waals surface area contributed by atoms with Crippen LogP contribution in [0.4, 0.5) is 24.5 Å². The first kappa shape index (κ1) is 24.9. The van der Waals surface area contributed by atoms with Crippen LogP contribution in [0.3, 0.4) is 0 Å². The Bertz CT molecular complexity index is 772. The topological polar surface area (TPSA) is 73.9 Å². The highest BCUT2D eigenvalue weighted by molar-refractivity contribution is 5.96. The van der Waals surface area contributed by atoms with E-state index in [4.69, 9.17) is 4.74 Å². The van der Waals surface area contributed by atoms with E-state index in [1.54, 1.807) is 11.8 Å². The third-order valence-electron chi connectivity index (χ3n) is 4.65. The van der Waals surface area contributed by atoms with Gasteiger partial charge in [-0.15, -0.1) is 0 Å². The second-order valence-corrected chi connectivity index (χ2v) is 8.48. The summed E-state index contributed by atoms with van der Waals surface area (Å²) in [6, 6.07) is 3.33. The van der Waals surface area contributed by atoms with Gasteiger partial charge >= 0.3 is 6.18 Å². The Morgan fingerprint density at radius 1 is 1.10 bits per heavy atom. The zero-order chi connectivity index (χ0) is 23.2. The Balaban J connectivity index is 2.14. The van der Waals surface area contributed by atoms with Crippen molar-refractivity contribution in [2.75, 3.05) is 56.2 Å². The number of benzene rings is 1. The number of rotatable bonds is 7. The second kappa shape index (κ2) is 10.3. The minimum absolute atomic E-state index is 0.0140. The molecule has 2 rings (SSSR count). The van der Waals surface area contributed by atoms with E-state index in [2.05, 4.69) is 10.6 Å². The molecular weight excluding hydrogens is 413 g/mol. The molecular formula is C21H31F3N4O3. The van der Waals surface area contributed by atoms with Crippen molar-refractivity contribution in [2.45, 2.75) is 39.4 Å². The average Bonchev–Trinajstić information content (AvgIpc) is 2.65. The Morgan fingerprint density at radius 2 is 1.71 bits per heavy atom. The van der Waals surface area contributed by atoms with Crippen molar-refractivity contribution >= 4 is 23.2 Å². The average molecular weight is 444 g/mol. The number of carbonyl (C=O) groups is 2. The molecule has 1 saturated heterocycles. The Kier molecular flexibility index (Phi) is 8.30. The molecule has 1 fully saturated rings. The molecule has 7 nitrogen and oxygen atoms in total. The number of nitrogens with one attached hydrogen (secondary N) is 2. The lowest BCUT2D eigenvalue weighted by molar-refractivity contribution is -0.137. The van der Waals surface area contributed by atoms with E-state index in [9.17, 15) is 22.8 Å². The maximum atomic E-state index is 13.2. The van der Waals surface area contributed by atoms with Crippen LogP contribution in [0.15, 0.2) is 18.2 Å². The summed E-state index contributed by atoms with van der Waals surface area (Å²) in [5.41, 5.74) is -0.629. The fourth-order valence-electron chi connectivity index (χ4n) is 3.23. The molecule has 1 heterocycles. The van der Waals surface area contributed by atoms with Gasteiger partial charge in [-0.3, -0.25) is 14.5 Å². The van der Waals surface area contributed by atoms with Crippen molar-refractivity contribution < 1.29 is 27.5 Å². The highest BCUT2D eigenvalue weighted by Crippen LogP contribution is 2.35. The van der Waals surface area contributed by atoms with E-state index in [0.717, 1.165) is 12.1 Å². The van der Waals surface area contributed by atoms with E-state index in [0.29, 0.717) is 38.5 Å². The van der Waals surface area contributed by atoms with Gasteiger partial charge in [-0.2, -0.15) is 13.2 Å². The minimum Gasteiger partial charge on any atom is -0.378 e. The van der Waals surface area contributed by atoms with Gasteiger partial charge in [0, 0.05) is 18.6 Å². The first-order valence-corrected chi connectivity index (χ1v) is 10.3. The first-order valence-electron chi connectivity index (χ1n) is 10.3. The predicted molar refractivity (Wildman–Crippen MR) is 113 cm³/mol. The molecule has 0 saturated carbocycles. The molecule has 1 aliphatic heterocycles. The van der Waals surface area contributed by atoms with Crippen LogP contribution >= 0.6 is 0 Å². The molecule has 0 atom stereocenters. The quantitative estimate of drug-likeness (QED) is 0.677. The molecule has 31 heavy (non-hydrogen) atoms. The van der Waals surface area contributed by atoms with Gasteiger partial charge in [0.25, 0.3) is 0 Å². The maximum Gasteiger partial charge on any atom is 0.416 e. The van der Waals surface area contributed by atoms with E-state index in [1.165, 1.54) is 6.07 Å². The number of anilines is 2. The zero-order valence-electron chi connectivity index (χ0n) is 18.4. The monoisotopic (exact) mass is 444 g/mol. The van der Waals surface area contributed by atoms with Crippen LogP contribution in [-0.4, -0.2) is 68.2 Å². The molecule has 0 aromatic heterocycles. The Morgan fingerprint density at radius 3 is 2.26 bits per heavy atom. The van der Waals surface area contributed by atoms with Gasteiger partial charge in [0.15, 0.2) is 0 Å². The fraction of sp³-hybridized carbons (Fsp3) is 0.619. The van der Waals surface area contributed by atoms with Gasteiger partial charge in [0.1, 0.15) is 0 Å². The third-order valence-corrected chi connectivity index (χ3v) is 4.65. The highest BCUT2D eigenvalue weighted by Gasteiger charge is 2.32. The first-order chi connectivity index (χ1) is 14.4. The van der Waals surface area contributed by atoms with Crippen LogP contribution in [0.5, 0.6) is 0 Å². The van der Waals surface area contributed by atoms with E-state index < -0.39 is 23.2 Å². The number of hydrogen-bond donors (Lipinski definition) is 2. The van der Waals surface area contributed by atoms with Gasteiger partial charge in [-0.1, -0.05) is 6.92 Å². The van der Waals surface area contributed by atoms with Crippen molar-refractivity contribution in [3.63, 3.8) is 0 Å². The number of ether oxygens (including phenoxy) is 1. The lowest BCUT2D eigenvalue weighted by Crippen LogP contribution is -2.47. The normalized spacial score (nSPS) is 15.2. The standard InChI is InChI=1S/C21H31F3N4O3/c1-5-27(14-19(30)26-20(2,3)4)13-18(29)25-16-12-15(21(22,23)24)6-7-17(16)28-8-10-31-11-9-28/h6-7,12H,5,8-11,13-14H2,1-4H3,(H,25,29)(H,26,30). The van der Waals surface area contributed by atoms with Crippen molar-refractivity contribution in [1.82, 2.24) is 10.2 Å². The summed E-state index contributed by atoms with van der Waals surface area (Å²) in [6.45, 7) is 9.66. The molecule has 0 aliphatic carbocycles. The van der Waals surface area contributed by atoms with Crippen LogP contribution in [0, 0.1) is 0 Å². The molecule has 2 N–H and O–H groups in total. The summed E-state index contributed by atoms with van der Waals surface area (Å²) in [4.78, 5) is 28.3. The summed E-state index contributed by atoms with van der Waals surface area (Å²) >= 11 is 0. The Hall–Kier alpha value is -2.33. The number of halogens is 3. The van der Waals surface area contributed by atoms with Crippen molar-refractivity contribution in [1.29, 1.82) is 0 Å². The van der Waals surface area contributed by atoms with Crippen LogP contribution in [0.2, 0.25) is 0 Å².